The summed E-state index contributed by atoms with van der Waals surface area (Å²) in [6.07, 6.45) is 0. The summed E-state index contributed by atoms with van der Waals surface area (Å²) in [5.74, 6) is 0.736. The molecule has 0 aliphatic heterocycles. The van der Waals surface area contributed by atoms with Crippen molar-refractivity contribution in [1.29, 1.82) is 0 Å². The smallest absolute Gasteiger partial charge is 0.258 e. The molecule has 1 heterocycles. The summed E-state index contributed by atoms with van der Waals surface area (Å²) in [6, 6.07) is 14.6. The van der Waals surface area contributed by atoms with Gasteiger partial charge in [0.1, 0.15) is 0 Å². The number of hydrogen-bond donors (Lipinski definition) is 1. The summed E-state index contributed by atoms with van der Waals surface area (Å²) < 4.78 is 5.31. The van der Waals surface area contributed by atoms with Gasteiger partial charge in [-0.2, -0.15) is 4.98 Å². The second kappa shape index (κ2) is 6.84. The molecule has 0 radical (unpaired) electrons. The first kappa shape index (κ1) is 16.2. The van der Waals surface area contributed by atoms with E-state index in [4.69, 9.17) is 16.1 Å². The monoisotopic (exact) mass is 341 g/mol. The number of halogens is 1. The quantitative estimate of drug-likeness (QED) is 0.749. The lowest BCUT2D eigenvalue weighted by Crippen LogP contribution is -2.17. The summed E-state index contributed by atoms with van der Waals surface area (Å²) >= 11 is 6.15. The van der Waals surface area contributed by atoms with Crippen LogP contribution in [0.5, 0.6) is 0 Å². The van der Waals surface area contributed by atoms with Crippen LogP contribution in [0, 0.1) is 5.92 Å². The first-order valence-corrected chi connectivity index (χ1v) is 7.92. The fourth-order valence-electron chi connectivity index (χ4n) is 2.08. The van der Waals surface area contributed by atoms with Crippen LogP contribution >= 0.6 is 11.6 Å². The van der Waals surface area contributed by atoms with Gasteiger partial charge in [0.05, 0.1) is 5.02 Å². The molecule has 0 spiro atoms. The minimum absolute atomic E-state index is 0.0263. The van der Waals surface area contributed by atoms with Gasteiger partial charge in [0.2, 0.25) is 11.7 Å². The molecule has 0 aliphatic carbocycles. The average Bonchev–Trinajstić information content (AvgIpc) is 3.05. The molecule has 0 saturated heterocycles. The number of amides is 1. The minimum Gasteiger partial charge on any atom is -0.334 e. The molecule has 0 fully saturated rings. The van der Waals surface area contributed by atoms with Gasteiger partial charge in [-0.05, 0) is 36.4 Å². The Morgan fingerprint density at radius 1 is 1.12 bits per heavy atom. The molecular formula is C18H16ClN3O2. The molecule has 0 unspecified atom stereocenters. The molecule has 1 aromatic heterocycles. The summed E-state index contributed by atoms with van der Waals surface area (Å²) in [6.45, 7) is 3.69. The van der Waals surface area contributed by atoms with Crippen LogP contribution < -0.4 is 5.32 Å². The Morgan fingerprint density at radius 2 is 1.83 bits per heavy atom. The van der Waals surface area contributed by atoms with Crippen molar-refractivity contribution in [3.8, 4) is 22.8 Å². The highest BCUT2D eigenvalue weighted by Gasteiger charge is 2.13. The van der Waals surface area contributed by atoms with Crippen molar-refractivity contribution in [1.82, 2.24) is 10.1 Å². The molecule has 3 aromatic rings. The third-order valence-electron chi connectivity index (χ3n) is 3.46. The predicted molar refractivity (Wildman–Crippen MR) is 93.6 cm³/mol. The molecule has 24 heavy (non-hydrogen) atoms. The molecule has 1 N–H and O–H groups in total. The molecular weight excluding hydrogens is 326 g/mol. The van der Waals surface area contributed by atoms with Crippen molar-refractivity contribution < 1.29 is 9.32 Å². The van der Waals surface area contributed by atoms with E-state index < -0.39 is 0 Å². The van der Waals surface area contributed by atoms with E-state index in [1.54, 1.807) is 18.2 Å². The van der Waals surface area contributed by atoms with Crippen molar-refractivity contribution in [2.45, 2.75) is 13.8 Å². The van der Waals surface area contributed by atoms with Crippen LogP contribution in [-0.4, -0.2) is 16.0 Å². The SMILES string of the molecule is CC(C)C(=O)Nc1ccc(-c2nc(-c3ccccc3Cl)no2)cc1. The summed E-state index contributed by atoms with van der Waals surface area (Å²) in [5.41, 5.74) is 2.21. The largest absolute Gasteiger partial charge is 0.334 e. The van der Waals surface area contributed by atoms with Crippen molar-refractivity contribution in [2.75, 3.05) is 5.32 Å². The van der Waals surface area contributed by atoms with E-state index in [9.17, 15) is 4.79 Å². The highest BCUT2D eigenvalue weighted by Crippen LogP contribution is 2.28. The van der Waals surface area contributed by atoms with E-state index in [0.717, 1.165) is 16.8 Å². The van der Waals surface area contributed by atoms with Crippen LogP contribution in [0.1, 0.15) is 13.8 Å². The van der Waals surface area contributed by atoms with Crippen LogP contribution in [-0.2, 0) is 4.79 Å². The summed E-state index contributed by atoms with van der Waals surface area (Å²) in [4.78, 5) is 16.1. The van der Waals surface area contributed by atoms with Crippen LogP contribution in [0.4, 0.5) is 5.69 Å². The number of anilines is 1. The first-order valence-electron chi connectivity index (χ1n) is 7.54. The zero-order chi connectivity index (χ0) is 17.1. The van der Waals surface area contributed by atoms with Crippen LogP contribution in [0.3, 0.4) is 0 Å². The molecule has 0 aliphatic rings. The van der Waals surface area contributed by atoms with E-state index in [1.807, 2.05) is 44.2 Å². The van der Waals surface area contributed by atoms with Crippen LogP contribution in [0.15, 0.2) is 53.1 Å². The van der Waals surface area contributed by atoms with E-state index in [1.165, 1.54) is 0 Å². The molecule has 5 nitrogen and oxygen atoms in total. The lowest BCUT2D eigenvalue weighted by Gasteiger charge is -2.07. The Labute approximate surface area is 144 Å². The molecule has 0 saturated carbocycles. The maximum atomic E-state index is 11.7. The molecule has 1 amide bonds. The van der Waals surface area contributed by atoms with Gasteiger partial charge in [0.25, 0.3) is 5.89 Å². The van der Waals surface area contributed by atoms with Crippen LogP contribution in [0.2, 0.25) is 5.02 Å². The minimum atomic E-state index is -0.0706. The van der Waals surface area contributed by atoms with Gasteiger partial charge in [-0.3, -0.25) is 4.79 Å². The number of aromatic nitrogens is 2. The second-order valence-corrected chi connectivity index (χ2v) is 6.03. The number of carbonyl (C=O) groups is 1. The fourth-order valence-corrected chi connectivity index (χ4v) is 2.30. The Bertz CT molecular complexity index is 857. The Hall–Kier alpha value is -2.66. The predicted octanol–water partition coefficient (Wildman–Crippen LogP) is 4.65. The number of nitrogens with one attached hydrogen (secondary N) is 1. The standard InChI is InChI=1S/C18H16ClN3O2/c1-11(2)17(23)20-13-9-7-12(8-10-13)18-21-16(22-24-18)14-5-3-4-6-15(14)19/h3-11H,1-2H3,(H,20,23). The average molecular weight is 342 g/mol. The van der Waals surface area contributed by atoms with Gasteiger partial charge < -0.3 is 9.84 Å². The van der Waals surface area contributed by atoms with Crippen molar-refractivity contribution in [3.05, 3.63) is 53.6 Å². The van der Waals surface area contributed by atoms with Gasteiger partial charge in [-0.1, -0.05) is 42.7 Å². The number of carbonyl (C=O) groups excluding carboxylic acids is 1. The maximum absolute atomic E-state index is 11.7. The van der Waals surface area contributed by atoms with Gasteiger partial charge in [-0.25, -0.2) is 0 Å². The van der Waals surface area contributed by atoms with E-state index in [0.29, 0.717) is 16.7 Å². The van der Waals surface area contributed by atoms with Gasteiger partial charge >= 0.3 is 0 Å². The molecule has 2 aromatic carbocycles. The zero-order valence-electron chi connectivity index (χ0n) is 13.3. The normalized spacial score (nSPS) is 10.8. The number of nitrogens with zero attached hydrogens (tertiary/aromatic N) is 2. The molecule has 0 atom stereocenters. The Kier molecular flexibility index (Phi) is 4.62. The van der Waals surface area contributed by atoms with Crippen molar-refractivity contribution in [3.63, 3.8) is 0 Å². The third kappa shape index (κ3) is 3.46. The highest BCUT2D eigenvalue weighted by molar-refractivity contribution is 6.33. The fraction of sp³-hybridized carbons (Fsp3) is 0.167. The summed E-state index contributed by atoms with van der Waals surface area (Å²) in [7, 11) is 0. The number of benzene rings is 2. The van der Waals surface area contributed by atoms with Gasteiger partial charge in [0, 0.05) is 22.7 Å². The van der Waals surface area contributed by atoms with Gasteiger partial charge in [0.15, 0.2) is 0 Å². The molecule has 0 bridgehead atoms. The Balaban J connectivity index is 1.81. The van der Waals surface area contributed by atoms with E-state index in [2.05, 4.69) is 15.5 Å². The number of hydrogen-bond acceptors (Lipinski definition) is 4. The maximum Gasteiger partial charge on any atom is 0.258 e. The van der Waals surface area contributed by atoms with Gasteiger partial charge in [-0.15, -0.1) is 0 Å². The number of rotatable bonds is 4. The first-order chi connectivity index (χ1) is 11.5. The highest BCUT2D eigenvalue weighted by atomic mass is 35.5. The third-order valence-corrected chi connectivity index (χ3v) is 3.79. The lowest BCUT2D eigenvalue weighted by atomic mass is 10.1. The molecule has 3 rings (SSSR count). The lowest BCUT2D eigenvalue weighted by molar-refractivity contribution is -0.118. The molecule has 122 valence electrons. The summed E-state index contributed by atoms with van der Waals surface area (Å²) in [5, 5.41) is 7.38. The van der Waals surface area contributed by atoms with Crippen molar-refractivity contribution in [2.24, 2.45) is 5.92 Å². The molecule has 6 heteroatoms. The Morgan fingerprint density at radius 3 is 2.50 bits per heavy atom. The zero-order valence-corrected chi connectivity index (χ0v) is 14.0. The topological polar surface area (TPSA) is 68.0 Å². The van der Waals surface area contributed by atoms with E-state index in [-0.39, 0.29) is 11.8 Å². The van der Waals surface area contributed by atoms with Crippen LogP contribution in [0.25, 0.3) is 22.8 Å². The van der Waals surface area contributed by atoms with Crippen molar-refractivity contribution >= 4 is 23.2 Å². The van der Waals surface area contributed by atoms with E-state index >= 15 is 0 Å². The second-order valence-electron chi connectivity index (χ2n) is 5.62.